The number of halogens is 1. The summed E-state index contributed by atoms with van der Waals surface area (Å²) in [5, 5.41) is 15.5. The zero-order chi connectivity index (χ0) is 27.0. The van der Waals surface area contributed by atoms with E-state index < -0.39 is 5.97 Å². The summed E-state index contributed by atoms with van der Waals surface area (Å²) in [5.41, 5.74) is 4.63. The summed E-state index contributed by atoms with van der Waals surface area (Å²) in [6.07, 6.45) is 2.57. The third-order valence-electron chi connectivity index (χ3n) is 7.01. The Morgan fingerprint density at radius 1 is 1.11 bits per heavy atom. The maximum atomic E-state index is 13.6. The van der Waals surface area contributed by atoms with E-state index >= 15 is 0 Å². The second-order valence-corrected chi connectivity index (χ2v) is 10.3. The van der Waals surface area contributed by atoms with Gasteiger partial charge in [-0.2, -0.15) is 9.78 Å². The smallest absolute Gasteiger partial charge is 0.335 e. The summed E-state index contributed by atoms with van der Waals surface area (Å²) in [5.74, 6) is -0.271. The molecule has 0 bridgehead atoms. The molecule has 0 saturated carbocycles. The Kier molecular flexibility index (Phi) is 6.99. The van der Waals surface area contributed by atoms with Crippen molar-refractivity contribution in [2.75, 3.05) is 0 Å². The molecule has 0 fully saturated rings. The number of nitrogens with zero attached hydrogens (tertiary/aromatic N) is 4. The van der Waals surface area contributed by atoms with Gasteiger partial charge in [-0.3, -0.25) is 4.79 Å². The zero-order valence-electron chi connectivity index (χ0n) is 21.4. The molecule has 2 aromatic heterocycles. The standard InChI is InChI=1S/C30H27BrN4O3/c1-4-18(2)28-33-26-14-13-22(31)15-24(26)29(36)35(28)32-16-25-19(3)34(27-8-6-5-7-23(25)27)17-20-9-11-21(12-10-20)30(37)38/h5-16,18H,4,17H2,1-3H3,(H,37,38)/t18-/m1/s1. The normalized spacial score (nSPS) is 12.5. The minimum atomic E-state index is -0.944. The molecule has 0 aliphatic rings. The number of rotatable bonds is 7. The van der Waals surface area contributed by atoms with Crippen LogP contribution in [-0.4, -0.2) is 31.5 Å². The SMILES string of the molecule is CC[C@@H](C)c1nc2ccc(Br)cc2c(=O)n1N=Cc1c(C)n(Cc2ccc(C(=O)O)cc2)c2ccccc12. The highest BCUT2D eigenvalue weighted by Gasteiger charge is 2.17. The van der Waals surface area contributed by atoms with Gasteiger partial charge >= 0.3 is 5.97 Å². The van der Waals surface area contributed by atoms with E-state index in [4.69, 9.17) is 10.1 Å². The number of carboxylic acids is 1. The van der Waals surface area contributed by atoms with Crippen molar-refractivity contribution in [1.82, 2.24) is 14.2 Å². The van der Waals surface area contributed by atoms with Crippen molar-refractivity contribution >= 4 is 49.9 Å². The lowest BCUT2D eigenvalue weighted by molar-refractivity contribution is 0.0697. The molecule has 1 atom stereocenters. The van der Waals surface area contributed by atoms with Gasteiger partial charge in [-0.05, 0) is 55.3 Å². The lowest BCUT2D eigenvalue weighted by Crippen LogP contribution is -2.23. The molecule has 0 aliphatic carbocycles. The van der Waals surface area contributed by atoms with Gasteiger partial charge in [0.05, 0.1) is 22.7 Å². The van der Waals surface area contributed by atoms with Crippen molar-refractivity contribution in [2.45, 2.75) is 39.7 Å². The second kappa shape index (κ2) is 10.4. The van der Waals surface area contributed by atoms with Gasteiger partial charge in [0.25, 0.3) is 5.56 Å². The van der Waals surface area contributed by atoms with Crippen LogP contribution in [-0.2, 0) is 6.54 Å². The Hall–Kier alpha value is -4.04. The Balaban J connectivity index is 1.63. The summed E-state index contributed by atoms with van der Waals surface area (Å²) >= 11 is 3.46. The third-order valence-corrected chi connectivity index (χ3v) is 7.50. The van der Waals surface area contributed by atoms with E-state index in [1.807, 2.05) is 56.3 Å². The Morgan fingerprint density at radius 2 is 1.84 bits per heavy atom. The first kappa shape index (κ1) is 25.6. The topological polar surface area (TPSA) is 89.5 Å². The minimum Gasteiger partial charge on any atom is -0.478 e. The van der Waals surface area contributed by atoms with Crippen LogP contribution in [0.5, 0.6) is 0 Å². The number of carbonyl (C=O) groups is 1. The van der Waals surface area contributed by atoms with Gasteiger partial charge in [0.15, 0.2) is 0 Å². The van der Waals surface area contributed by atoms with Crippen molar-refractivity contribution in [3.8, 4) is 0 Å². The summed E-state index contributed by atoms with van der Waals surface area (Å²) in [6.45, 7) is 6.72. The van der Waals surface area contributed by atoms with Crippen LogP contribution in [0.25, 0.3) is 21.8 Å². The molecule has 0 radical (unpaired) electrons. The maximum absolute atomic E-state index is 13.6. The molecule has 0 unspecified atom stereocenters. The monoisotopic (exact) mass is 570 g/mol. The number of para-hydroxylation sites is 1. The largest absolute Gasteiger partial charge is 0.478 e. The van der Waals surface area contributed by atoms with Crippen molar-refractivity contribution in [3.05, 3.63) is 110 Å². The molecule has 0 saturated heterocycles. The molecule has 0 spiro atoms. The first-order chi connectivity index (χ1) is 18.3. The van der Waals surface area contributed by atoms with Gasteiger partial charge in [0.2, 0.25) is 0 Å². The van der Waals surface area contributed by atoms with E-state index in [1.165, 1.54) is 4.68 Å². The summed E-state index contributed by atoms with van der Waals surface area (Å²) in [4.78, 5) is 29.6. The number of hydrogen-bond donors (Lipinski definition) is 1. The number of hydrogen-bond acceptors (Lipinski definition) is 4. The molecule has 192 valence electrons. The van der Waals surface area contributed by atoms with Gasteiger partial charge in [-0.15, -0.1) is 0 Å². The van der Waals surface area contributed by atoms with Crippen LogP contribution in [0.15, 0.2) is 81.1 Å². The number of aromatic nitrogens is 3. The maximum Gasteiger partial charge on any atom is 0.335 e. The molecule has 8 heteroatoms. The lowest BCUT2D eigenvalue weighted by Gasteiger charge is -2.14. The molecule has 3 aromatic carbocycles. The fraction of sp³-hybridized carbons (Fsp3) is 0.200. The van der Waals surface area contributed by atoms with Gasteiger partial charge < -0.3 is 9.67 Å². The van der Waals surface area contributed by atoms with E-state index in [1.54, 1.807) is 24.4 Å². The molecule has 7 nitrogen and oxygen atoms in total. The molecule has 0 amide bonds. The van der Waals surface area contributed by atoms with Crippen LogP contribution in [0, 0.1) is 6.92 Å². The summed E-state index contributed by atoms with van der Waals surface area (Å²) in [7, 11) is 0. The highest BCUT2D eigenvalue weighted by molar-refractivity contribution is 9.10. The van der Waals surface area contributed by atoms with E-state index in [9.17, 15) is 14.7 Å². The second-order valence-electron chi connectivity index (χ2n) is 9.41. The first-order valence-electron chi connectivity index (χ1n) is 12.4. The highest BCUT2D eigenvalue weighted by Crippen LogP contribution is 2.26. The van der Waals surface area contributed by atoms with E-state index in [-0.39, 0.29) is 17.0 Å². The lowest BCUT2D eigenvalue weighted by atomic mass is 10.1. The van der Waals surface area contributed by atoms with Crippen LogP contribution < -0.4 is 5.56 Å². The number of fused-ring (bicyclic) bond motifs is 2. The van der Waals surface area contributed by atoms with Crippen molar-refractivity contribution in [2.24, 2.45) is 5.10 Å². The van der Waals surface area contributed by atoms with Gasteiger partial charge in [-0.25, -0.2) is 9.78 Å². The van der Waals surface area contributed by atoms with Crippen molar-refractivity contribution < 1.29 is 9.90 Å². The fourth-order valence-electron chi connectivity index (χ4n) is 4.65. The molecular formula is C30H27BrN4O3. The molecule has 0 aliphatic heterocycles. The average Bonchev–Trinajstić information content (AvgIpc) is 3.18. The zero-order valence-corrected chi connectivity index (χ0v) is 22.9. The number of benzene rings is 3. The van der Waals surface area contributed by atoms with Crippen molar-refractivity contribution in [1.29, 1.82) is 0 Å². The predicted octanol–water partition coefficient (Wildman–Crippen LogP) is 6.56. The van der Waals surface area contributed by atoms with E-state index in [0.717, 1.165) is 38.6 Å². The predicted molar refractivity (Wildman–Crippen MR) is 155 cm³/mol. The Morgan fingerprint density at radius 3 is 2.55 bits per heavy atom. The molecule has 38 heavy (non-hydrogen) atoms. The number of carboxylic acid groups (broad SMARTS) is 1. The quantitative estimate of drug-likeness (QED) is 0.224. The van der Waals surface area contributed by atoms with Gasteiger partial charge in [0, 0.05) is 39.1 Å². The van der Waals surface area contributed by atoms with Crippen LogP contribution in [0.3, 0.4) is 0 Å². The average molecular weight is 571 g/mol. The molecule has 2 heterocycles. The third kappa shape index (κ3) is 4.67. The van der Waals surface area contributed by atoms with Crippen LogP contribution in [0.1, 0.15) is 59.2 Å². The fourth-order valence-corrected chi connectivity index (χ4v) is 5.02. The number of aromatic carboxylic acids is 1. The first-order valence-corrected chi connectivity index (χ1v) is 13.2. The highest BCUT2D eigenvalue weighted by atomic mass is 79.9. The molecule has 5 rings (SSSR count). The molecular weight excluding hydrogens is 544 g/mol. The Bertz CT molecular complexity index is 1770. The summed E-state index contributed by atoms with van der Waals surface area (Å²) in [6, 6.07) is 20.5. The van der Waals surface area contributed by atoms with E-state index in [2.05, 4.69) is 33.5 Å². The Labute approximate surface area is 228 Å². The molecule has 1 N–H and O–H groups in total. The van der Waals surface area contributed by atoms with Crippen LogP contribution >= 0.6 is 15.9 Å². The van der Waals surface area contributed by atoms with Gasteiger partial charge in [0.1, 0.15) is 5.82 Å². The van der Waals surface area contributed by atoms with Crippen LogP contribution in [0.2, 0.25) is 0 Å². The molecule has 5 aromatic rings. The minimum absolute atomic E-state index is 0.0455. The van der Waals surface area contributed by atoms with Crippen LogP contribution in [0.4, 0.5) is 0 Å². The van der Waals surface area contributed by atoms with Gasteiger partial charge in [-0.1, -0.05) is 60.1 Å². The summed E-state index contributed by atoms with van der Waals surface area (Å²) < 4.78 is 4.42. The van der Waals surface area contributed by atoms with Crippen molar-refractivity contribution in [3.63, 3.8) is 0 Å². The van der Waals surface area contributed by atoms with E-state index in [0.29, 0.717) is 23.3 Å².